The molecule has 0 radical (unpaired) electrons. The molecule has 1 aromatic carbocycles. The zero-order valence-corrected chi connectivity index (χ0v) is 14.5. The Morgan fingerprint density at radius 3 is 2.36 bits per heavy atom. The van der Waals surface area contributed by atoms with Crippen LogP contribution in [0.15, 0.2) is 18.2 Å². The molecule has 1 aliphatic carbocycles. The molecule has 0 spiro atoms. The molecule has 1 heterocycles. The number of nitrogens with zero attached hydrogens (tertiary/aromatic N) is 1. The van der Waals surface area contributed by atoms with Gasteiger partial charge in [0.1, 0.15) is 23.3 Å². The molecular formula is C18H22F2N2O3. The van der Waals surface area contributed by atoms with Gasteiger partial charge >= 0.3 is 6.09 Å². The first-order valence-electron chi connectivity index (χ1n) is 8.27. The second kappa shape index (κ2) is 5.68. The number of carbonyl (C=O) groups excluding carboxylic acids is 2. The molecule has 2 fully saturated rings. The van der Waals surface area contributed by atoms with Crippen molar-refractivity contribution in [2.24, 2.45) is 11.7 Å². The van der Waals surface area contributed by atoms with E-state index in [2.05, 4.69) is 0 Å². The maximum atomic E-state index is 13.6. The molecule has 1 aromatic rings. The maximum Gasteiger partial charge on any atom is 0.411 e. The predicted octanol–water partition coefficient (Wildman–Crippen LogP) is 2.72. The number of carbonyl (C=O) groups is 2. The van der Waals surface area contributed by atoms with Gasteiger partial charge in [0, 0.05) is 18.0 Å². The highest BCUT2D eigenvalue weighted by Gasteiger charge is 2.62. The minimum atomic E-state index is -0.770. The number of hydrogen-bond acceptors (Lipinski definition) is 3. The van der Waals surface area contributed by atoms with Gasteiger partial charge in [-0.05, 0) is 57.2 Å². The molecular weight excluding hydrogens is 330 g/mol. The van der Waals surface area contributed by atoms with E-state index < -0.39 is 40.7 Å². The fourth-order valence-corrected chi connectivity index (χ4v) is 3.76. The van der Waals surface area contributed by atoms with E-state index in [-0.39, 0.29) is 12.5 Å². The molecule has 2 amide bonds. The molecule has 3 atom stereocenters. The number of primary amides is 1. The van der Waals surface area contributed by atoms with E-state index in [1.165, 1.54) is 17.0 Å². The van der Waals surface area contributed by atoms with Crippen LogP contribution >= 0.6 is 0 Å². The summed E-state index contributed by atoms with van der Waals surface area (Å²) in [5.74, 6) is -1.85. The number of hydrogen-bond donors (Lipinski definition) is 1. The zero-order valence-electron chi connectivity index (χ0n) is 14.5. The smallest absolute Gasteiger partial charge is 0.411 e. The second-order valence-corrected chi connectivity index (χ2v) is 7.98. The number of rotatable bonds is 2. The van der Waals surface area contributed by atoms with Gasteiger partial charge in [0.2, 0.25) is 5.91 Å². The Morgan fingerprint density at radius 2 is 1.84 bits per heavy atom. The van der Waals surface area contributed by atoms with Gasteiger partial charge in [0.25, 0.3) is 0 Å². The monoisotopic (exact) mass is 352 g/mol. The van der Waals surface area contributed by atoms with Crippen molar-refractivity contribution in [2.75, 3.05) is 6.54 Å². The van der Waals surface area contributed by atoms with E-state index in [4.69, 9.17) is 10.5 Å². The highest BCUT2D eigenvalue weighted by molar-refractivity contribution is 5.85. The standard InChI is InChI=1S/C18H22F2N2O3/c1-17(2,3)25-16(24)22-9-18(8-11(18)6-14(22)15(21)23)10-4-12(19)7-13(20)5-10/h4-5,7,11,14H,6,8-9H2,1-3H3,(H2,21,23). The third kappa shape index (κ3) is 3.32. The Bertz CT molecular complexity index is 711. The summed E-state index contributed by atoms with van der Waals surface area (Å²) in [6, 6.07) is 2.63. The highest BCUT2D eigenvalue weighted by atomic mass is 19.1. The number of nitrogens with two attached hydrogens (primary N) is 1. The van der Waals surface area contributed by atoms with Gasteiger partial charge in [-0.2, -0.15) is 0 Å². The molecule has 1 saturated carbocycles. The van der Waals surface area contributed by atoms with E-state index in [0.717, 1.165) is 6.07 Å². The van der Waals surface area contributed by atoms with E-state index >= 15 is 0 Å². The van der Waals surface area contributed by atoms with Crippen LogP contribution in [0, 0.1) is 17.6 Å². The number of fused-ring (bicyclic) bond motifs is 1. The SMILES string of the molecule is CC(C)(C)OC(=O)N1CC2(c3cc(F)cc(F)c3)CC2CC1C(N)=O. The fourth-order valence-electron chi connectivity index (χ4n) is 3.76. The minimum Gasteiger partial charge on any atom is -0.444 e. The third-order valence-corrected chi connectivity index (χ3v) is 4.96. The lowest BCUT2D eigenvalue weighted by Gasteiger charge is -2.38. The zero-order chi connectivity index (χ0) is 18.6. The first-order valence-corrected chi connectivity index (χ1v) is 8.27. The molecule has 2 aliphatic rings. The van der Waals surface area contributed by atoms with Crippen LogP contribution in [0.2, 0.25) is 0 Å². The number of halogens is 2. The summed E-state index contributed by atoms with van der Waals surface area (Å²) >= 11 is 0. The Morgan fingerprint density at radius 1 is 1.24 bits per heavy atom. The van der Waals surface area contributed by atoms with E-state index in [0.29, 0.717) is 18.4 Å². The van der Waals surface area contributed by atoms with E-state index in [1.807, 2.05) is 0 Å². The Hall–Kier alpha value is -2.18. The second-order valence-electron chi connectivity index (χ2n) is 7.98. The molecule has 3 unspecified atom stereocenters. The normalized spacial score (nSPS) is 28.3. The number of amides is 2. The fraction of sp³-hybridized carbons (Fsp3) is 0.556. The largest absolute Gasteiger partial charge is 0.444 e. The van der Waals surface area contributed by atoms with Crippen LogP contribution in [0.5, 0.6) is 0 Å². The van der Waals surface area contributed by atoms with Gasteiger partial charge < -0.3 is 10.5 Å². The molecule has 5 nitrogen and oxygen atoms in total. The van der Waals surface area contributed by atoms with Gasteiger partial charge in [-0.25, -0.2) is 13.6 Å². The van der Waals surface area contributed by atoms with Crippen LogP contribution in [-0.4, -0.2) is 35.1 Å². The summed E-state index contributed by atoms with van der Waals surface area (Å²) in [5.41, 5.74) is 4.69. The van der Waals surface area contributed by atoms with Crippen molar-refractivity contribution in [2.45, 2.75) is 50.7 Å². The van der Waals surface area contributed by atoms with E-state index in [1.54, 1.807) is 20.8 Å². The van der Waals surface area contributed by atoms with Crippen molar-refractivity contribution < 1.29 is 23.1 Å². The van der Waals surface area contributed by atoms with Crippen LogP contribution < -0.4 is 5.73 Å². The summed E-state index contributed by atoms with van der Waals surface area (Å²) in [7, 11) is 0. The molecule has 3 rings (SSSR count). The van der Waals surface area contributed by atoms with Crippen LogP contribution in [0.25, 0.3) is 0 Å². The lowest BCUT2D eigenvalue weighted by molar-refractivity contribution is -0.124. The lowest BCUT2D eigenvalue weighted by atomic mass is 9.86. The van der Waals surface area contributed by atoms with Gasteiger partial charge in [-0.1, -0.05) is 0 Å². The molecule has 7 heteroatoms. The Kier molecular flexibility index (Phi) is 4.00. The number of benzene rings is 1. The summed E-state index contributed by atoms with van der Waals surface area (Å²) in [6.07, 6.45) is 0.379. The van der Waals surface area contributed by atoms with Gasteiger partial charge in [0.15, 0.2) is 0 Å². The van der Waals surface area contributed by atoms with Crippen molar-refractivity contribution in [1.29, 1.82) is 0 Å². The quantitative estimate of drug-likeness (QED) is 0.889. The van der Waals surface area contributed by atoms with E-state index in [9.17, 15) is 18.4 Å². The van der Waals surface area contributed by atoms with Gasteiger partial charge in [0.05, 0.1) is 0 Å². The molecule has 136 valence electrons. The molecule has 1 saturated heterocycles. The molecule has 25 heavy (non-hydrogen) atoms. The van der Waals surface area contributed by atoms with Gasteiger partial charge in [-0.15, -0.1) is 0 Å². The van der Waals surface area contributed by atoms with Crippen LogP contribution in [0.4, 0.5) is 13.6 Å². The Labute approximate surface area is 145 Å². The third-order valence-electron chi connectivity index (χ3n) is 4.96. The van der Waals surface area contributed by atoms with Crippen molar-refractivity contribution in [3.63, 3.8) is 0 Å². The lowest BCUT2D eigenvalue weighted by Crippen LogP contribution is -2.55. The molecule has 2 N–H and O–H groups in total. The summed E-state index contributed by atoms with van der Waals surface area (Å²) < 4.78 is 32.7. The Balaban J connectivity index is 1.91. The minimum absolute atomic E-state index is 0.0601. The van der Waals surface area contributed by atoms with Crippen LogP contribution in [0.3, 0.4) is 0 Å². The van der Waals surface area contributed by atoms with Crippen molar-refractivity contribution in [3.05, 3.63) is 35.4 Å². The first kappa shape index (κ1) is 17.6. The topological polar surface area (TPSA) is 72.6 Å². The van der Waals surface area contributed by atoms with Crippen LogP contribution in [0.1, 0.15) is 39.2 Å². The summed E-state index contributed by atoms with van der Waals surface area (Å²) in [4.78, 5) is 25.7. The molecule has 1 aliphatic heterocycles. The maximum absolute atomic E-state index is 13.6. The average Bonchev–Trinajstić information content (AvgIpc) is 3.17. The number of piperidine rings is 1. The van der Waals surface area contributed by atoms with Crippen molar-refractivity contribution in [3.8, 4) is 0 Å². The van der Waals surface area contributed by atoms with Gasteiger partial charge in [-0.3, -0.25) is 9.69 Å². The molecule has 0 bridgehead atoms. The molecule has 0 aromatic heterocycles. The average molecular weight is 352 g/mol. The number of ether oxygens (including phenoxy) is 1. The summed E-state index contributed by atoms with van der Waals surface area (Å²) in [5, 5.41) is 0. The highest BCUT2D eigenvalue weighted by Crippen LogP contribution is 2.60. The van der Waals surface area contributed by atoms with Crippen molar-refractivity contribution in [1.82, 2.24) is 4.90 Å². The van der Waals surface area contributed by atoms with Crippen molar-refractivity contribution >= 4 is 12.0 Å². The van der Waals surface area contributed by atoms with Crippen LogP contribution in [-0.2, 0) is 14.9 Å². The number of likely N-dealkylation sites (tertiary alicyclic amines) is 1. The summed E-state index contributed by atoms with van der Waals surface area (Å²) in [6.45, 7) is 5.34. The predicted molar refractivity (Wildman–Crippen MR) is 86.7 cm³/mol. The first-order chi connectivity index (χ1) is 11.5.